The molecule has 1 aromatic heterocycles. The quantitative estimate of drug-likeness (QED) is 0.152. The van der Waals surface area contributed by atoms with E-state index >= 15 is 9.59 Å². The standard InChI is InChI=1S/C43H67N3O5Si2/c1-29(22-26-47)32-19-20-33-40(32,8)23-21-34-41(9)35(51-53(12,13)39(5,6)7)27-31(50-52(10,11)38(2,3)4)28-42(41)24-25-43(33,34)46-37(49)44(36(48)45(42)46)30-17-15-14-16-18-30/h14-18,24-26,29,31-35H,19-23,27-28H2,1-13H3/t29-,31+,32-,33-,34-,35+,40-,41+,42-,43+/m1/s1. The summed E-state index contributed by atoms with van der Waals surface area (Å²) < 4.78 is 20.5. The first-order valence-corrected chi connectivity index (χ1v) is 26.3. The van der Waals surface area contributed by atoms with Crippen LogP contribution in [0.5, 0.6) is 0 Å². The molecule has 8 nitrogen and oxygen atoms in total. The van der Waals surface area contributed by atoms with Gasteiger partial charge < -0.3 is 13.6 Å². The Balaban J connectivity index is 1.53. The fourth-order valence-corrected chi connectivity index (χ4v) is 14.9. The third-order valence-electron chi connectivity index (χ3n) is 16.8. The molecular weight excluding hydrogens is 695 g/mol. The van der Waals surface area contributed by atoms with Gasteiger partial charge in [-0.15, -0.1) is 0 Å². The highest BCUT2D eigenvalue weighted by atomic mass is 28.4. The van der Waals surface area contributed by atoms with Crippen LogP contribution in [0.4, 0.5) is 0 Å². The van der Waals surface area contributed by atoms with Crippen molar-refractivity contribution in [3.8, 4) is 5.69 Å². The maximum atomic E-state index is 15.4. The normalized spacial score (nSPS) is 37.1. The van der Waals surface area contributed by atoms with Crippen molar-refractivity contribution in [3.63, 3.8) is 0 Å². The molecule has 2 spiro atoms. The second-order valence-electron chi connectivity index (χ2n) is 21.3. The minimum Gasteiger partial charge on any atom is -0.414 e. The van der Waals surface area contributed by atoms with Crippen molar-refractivity contribution in [3.05, 3.63) is 63.5 Å². The summed E-state index contributed by atoms with van der Waals surface area (Å²) in [6, 6.07) is 9.49. The van der Waals surface area contributed by atoms with E-state index in [1.807, 2.05) is 39.7 Å². The molecule has 292 valence electrons. The number of carbonyl (C=O) groups is 1. The highest BCUT2D eigenvalue weighted by molar-refractivity contribution is 6.74. The van der Waals surface area contributed by atoms with Crippen molar-refractivity contribution in [2.24, 2.45) is 34.5 Å². The van der Waals surface area contributed by atoms with Crippen LogP contribution >= 0.6 is 0 Å². The van der Waals surface area contributed by atoms with E-state index in [4.69, 9.17) is 8.85 Å². The van der Waals surface area contributed by atoms with Crippen molar-refractivity contribution in [1.29, 1.82) is 0 Å². The molecule has 8 rings (SSSR count). The van der Waals surface area contributed by atoms with Crippen LogP contribution in [-0.2, 0) is 24.7 Å². The highest BCUT2D eigenvalue weighted by Crippen LogP contribution is 2.74. The van der Waals surface area contributed by atoms with Crippen LogP contribution in [-0.4, -0.2) is 49.1 Å². The van der Waals surface area contributed by atoms with Crippen LogP contribution in [0.15, 0.2) is 52.1 Å². The number of nitrogens with zero attached hydrogens (tertiary/aromatic N) is 3. The fourth-order valence-electron chi connectivity index (χ4n) is 12.1. The van der Waals surface area contributed by atoms with E-state index in [1.54, 1.807) is 0 Å². The number of aldehydes is 1. The number of allylic oxidation sites excluding steroid dienone is 2. The molecule has 2 aliphatic heterocycles. The second kappa shape index (κ2) is 12.1. The lowest BCUT2D eigenvalue weighted by Crippen LogP contribution is -2.80. The SMILES string of the molecule is C[C@H](CC=O)[C@H]1CC[C@@H]2[C@]1(C)CC[C@H]1[C@]23C=C[C@]2(C[C@@H](O[Si](C)(C)C(C)(C)C)C[C@H](O[Si](C)(C)C(C)(C)C)[C@]12C)n1c(=O)n(-c2ccccc2)c(=O)n13. The molecule has 0 saturated heterocycles. The summed E-state index contributed by atoms with van der Waals surface area (Å²) in [7, 11) is -4.57. The molecule has 0 N–H and O–H groups in total. The molecule has 4 aliphatic carbocycles. The second-order valence-corrected chi connectivity index (χ2v) is 30.8. The maximum Gasteiger partial charge on any atom is 0.352 e. The van der Waals surface area contributed by atoms with E-state index in [0.29, 0.717) is 24.4 Å². The van der Waals surface area contributed by atoms with Crippen LogP contribution < -0.4 is 11.4 Å². The van der Waals surface area contributed by atoms with Gasteiger partial charge in [0.05, 0.1) is 29.0 Å². The number of para-hydroxylation sites is 1. The van der Waals surface area contributed by atoms with Gasteiger partial charge in [0.2, 0.25) is 0 Å². The zero-order chi connectivity index (χ0) is 38.9. The van der Waals surface area contributed by atoms with Crippen LogP contribution in [0.1, 0.15) is 107 Å². The lowest BCUT2D eigenvalue weighted by Gasteiger charge is -2.73. The number of benzene rings is 1. The summed E-state index contributed by atoms with van der Waals surface area (Å²) in [5, 5.41) is -0.00616. The molecule has 3 heterocycles. The third-order valence-corrected chi connectivity index (χ3v) is 25.9. The van der Waals surface area contributed by atoms with Gasteiger partial charge in [0.25, 0.3) is 0 Å². The Bertz CT molecular complexity index is 1920. The first-order chi connectivity index (χ1) is 24.4. The predicted molar refractivity (Wildman–Crippen MR) is 218 cm³/mol. The Hall–Kier alpha value is -2.28. The van der Waals surface area contributed by atoms with E-state index < -0.39 is 33.1 Å². The fraction of sp³-hybridized carbons (Fsp3) is 0.744. The predicted octanol–water partition coefficient (Wildman–Crippen LogP) is 9.02. The number of carbonyl (C=O) groups excluding carboxylic acids is 1. The van der Waals surface area contributed by atoms with Crippen molar-refractivity contribution in [1.82, 2.24) is 13.9 Å². The van der Waals surface area contributed by atoms with E-state index in [-0.39, 0.29) is 56.8 Å². The van der Waals surface area contributed by atoms with Gasteiger partial charge in [-0.2, -0.15) is 0 Å². The molecule has 10 atom stereocenters. The van der Waals surface area contributed by atoms with Crippen LogP contribution in [0.2, 0.25) is 36.3 Å². The van der Waals surface area contributed by atoms with Gasteiger partial charge in [0.15, 0.2) is 16.6 Å². The number of aromatic nitrogens is 3. The van der Waals surface area contributed by atoms with Gasteiger partial charge >= 0.3 is 11.4 Å². The Morgan fingerprint density at radius 1 is 0.849 bits per heavy atom. The molecule has 0 radical (unpaired) electrons. The van der Waals surface area contributed by atoms with Gasteiger partial charge in [-0.3, -0.25) is 0 Å². The average Bonchev–Trinajstić information content (AvgIpc) is 3.55. The molecule has 2 aromatic rings. The Morgan fingerprint density at radius 2 is 1.45 bits per heavy atom. The number of rotatable bonds is 8. The van der Waals surface area contributed by atoms with E-state index in [0.717, 1.165) is 38.4 Å². The van der Waals surface area contributed by atoms with Crippen LogP contribution in [0.3, 0.4) is 0 Å². The van der Waals surface area contributed by atoms with Gasteiger partial charge in [-0.05, 0) is 110 Å². The third kappa shape index (κ3) is 5.12. The van der Waals surface area contributed by atoms with Gasteiger partial charge in [0.1, 0.15) is 6.29 Å². The minimum absolute atomic E-state index is 0.00865. The van der Waals surface area contributed by atoms with Crippen LogP contribution in [0.25, 0.3) is 5.69 Å². The smallest absolute Gasteiger partial charge is 0.352 e. The highest BCUT2D eigenvalue weighted by Gasteiger charge is 2.77. The van der Waals surface area contributed by atoms with Gasteiger partial charge in [0, 0.05) is 18.3 Å². The van der Waals surface area contributed by atoms with Crippen LogP contribution in [0, 0.1) is 34.5 Å². The lowest BCUT2D eigenvalue weighted by atomic mass is 9.40. The first-order valence-electron chi connectivity index (χ1n) is 20.5. The lowest BCUT2D eigenvalue weighted by molar-refractivity contribution is -0.234. The summed E-state index contributed by atoms with van der Waals surface area (Å²) in [6.07, 6.45) is 11.4. The zero-order valence-electron chi connectivity index (χ0n) is 34.9. The monoisotopic (exact) mass is 761 g/mol. The van der Waals surface area contributed by atoms with Gasteiger partial charge in [-0.25, -0.2) is 23.5 Å². The summed E-state index contributed by atoms with van der Waals surface area (Å²) >= 11 is 0. The summed E-state index contributed by atoms with van der Waals surface area (Å²) in [5.74, 6) is 0.823. The van der Waals surface area contributed by atoms with Crippen molar-refractivity contribution in [2.45, 2.75) is 167 Å². The number of fused-ring (bicyclic) bond motifs is 1. The summed E-state index contributed by atoms with van der Waals surface area (Å²) in [4.78, 5) is 42.6. The summed E-state index contributed by atoms with van der Waals surface area (Å²) in [5.41, 5.74) is -2.04. The van der Waals surface area contributed by atoms with E-state index in [1.165, 1.54) is 4.57 Å². The number of hydrogen-bond donors (Lipinski definition) is 0. The number of hydrogen-bond acceptors (Lipinski definition) is 5. The van der Waals surface area contributed by atoms with E-state index in [2.05, 4.69) is 101 Å². The topological polar surface area (TPSA) is 84.5 Å². The molecule has 3 fully saturated rings. The minimum atomic E-state index is -2.33. The van der Waals surface area contributed by atoms with Crippen molar-refractivity contribution in [2.75, 3.05) is 0 Å². The molecule has 2 bridgehead atoms. The molecule has 53 heavy (non-hydrogen) atoms. The Morgan fingerprint density at radius 3 is 2.06 bits per heavy atom. The van der Waals surface area contributed by atoms with E-state index in [9.17, 15) is 4.79 Å². The molecular formula is C43H67N3O5Si2. The molecule has 10 heteroatoms. The molecule has 0 unspecified atom stereocenters. The molecule has 0 amide bonds. The molecule has 6 aliphatic rings. The first kappa shape index (κ1) is 39.0. The van der Waals surface area contributed by atoms with Gasteiger partial charge in [-0.1, -0.05) is 92.7 Å². The Kier molecular flexibility index (Phi) is 8.91. The maximum absolute atomic E-state index is 15.4. The molecule has 1 aromatic carbocycles. The summed E-state index contributed by atoms with van der Waals surface area (Å²) in [6.45, 7) is 30.3. The van der Waals surface area contributed by atoms with Crippen molar-refractivity contribution >= 4 is 22.9 Å². The average molecular weight is 762 g/mol. The van der Waals surface area contributed by atoms with Crippen molar-refractivity contribution < 1.29 is 13.6 Å². The largest absolute Gasteiger partial charge is 0.414 e. The Labute approximate surface area is 320 Å². The zero-order valence-corrected chi connectivity index (χ0v) is 36.9. The molecule has 3 saturated carbocycles.